The first-order chi connectivity index (χ1) is 7.01. The molecule has 0 spiro atoms. The lowest BCUT2D eigenvalue weighted by atomic mass is 9.91. The molecule has 15 heavy (non-hydrogen) atoms. The van der Waals surface area contributed by atoms with Crippen molar-refractivity contribution < 1.29 is 4.79 Å². The largest absolute Gasteiger partial charge is 0.342 e. The Bertz CT molecular complexity index is 272. The Labute approximate surface area is 97.0 Å². The van der Waals surface area contributed by atoms with Crippen molar-refractivity contribution >= 4 is 17.5 Å². The maximum Gasteiger partial charge on any atom is 0.229 e. The van der Waals surface area contributed by atoms with E-state index in [1.165, 1.54) is 0 Å². The maximum absolute atomic E-state index is 12.0. The first kappa shape index (κ1) is 12.4. The highest BCUT2D eigenvalue weighted by Crippen LogP contribution is 2.24. The minimum atomic E-state index is -0.454. The Morgan fingerprint density at radius 1 is 1.53 bits per heavy atom. The molecule has 0 unspecified atom stereocenters. The van der Waals surface area contributed by atoms with Crippen LogP contribution in [0.3, 0.4) is 0 Å². The number of nitrogens with zero attached hydrogens (tertiary/aromatic N) is 1. The standard InChI is InChI=1S/C12H18ClNO/c1-4-10-5-7-14(8-6-10)11(15)12(2,3)9-13/h1,10H,5-9H2,2-3H3. The van der Waals surface area contributed by atoms with Crippen LogP contribution in [0.5, 0.6) is 0 Å². The number of rotatable bonds is 2. The van der Waals surface area contributed by atoms with Gasteiger partial charge in [-0.05, 0) is 26.7 Å². The van der Waals surface area contributed by atoms with E-state index in [2.05, 4.69) is 5.92 Å². The minimum absolute atomic E-state index is 0.146. The van der Waals surface area contributed by atoms with Gasteiger partial charge in [-0.2, -0.15) is 0 Å². The molecule has 1 aliphatic heterocycles. The molecule has 1 amide bonds. The second-order valence-corrected chi connectivity index (χ2v) is 5.02. The van der Waals surface area contributed by atoms with Gasteiger partial charge in [0.15, 0.2) is 0 Å². The number of likely N-dealkylation sites (tertiary alicyclic amines) is 1. The fourth-order valence-electron chi connectivity index (χ4n) is 1.73. The normalized spacial score (nSPS) is 18.7. The van der Waals surface area contributed by atoms with Crippen LogP contribution in [0.15, 0.2) is 0 Å². The molecule has 0 aromatic carbocycles. The monoisotopic (exact) mass is 227 g/mol. The molecule has 1 rings (SSSR count). The fourth-order valence-corrected chi connectivity index (χ4v) is 1.85. The van der Waals surface area contributed by atoms with Crippen molar-refractivity contribution in [2.24, 2.45) is 11.3 Å². The van der Waals surface area contributed by atoms with Crippen molar-refractivity contribution in [2.45, 2.75) is 26.7 Å². The van der Waals surface area contributed by atoms with E-state index in [9.17, 15) is 4.79 Å². The highest BCUT2D eigenvalue weighted by molar-refractivity contribution is 6.19. The lowest BCUT2D eigenvalue weighted by molar-refractivity contribution is -0.140. The Morgan fingerprint density at radius 2 is 2.07 bits per heavy atom. The third-order valence-electron chi connectivity index (χ3n) is 2.93. The highest BCUT2D eigenvalue weighted by atomic mass is 35.5. The van der Waals surface area contributed by atoms with Crippen molar-refractivity contribution in [3.8, 4) is 12.3 Å². The second-order valence-electron chi connectivity index (χ2n) is 4.75. The molecular formula is C12H18ClNO. The quantitative estimate of drug-likeness (QED) is 0.523. The smallest absolute Gasteiger partial charge is 0.229 e. The van der Waals surface area contributed by atoms with E-state index < -0.39 is 5.41 Å². The molecule has 0 radical (unpaired) electrons. The number of alkyl halides is 1. The number of hydrogen-bond acceptors (Lipinski definition) is 1. The molecule has 1 saturated heterocycles. The van der Waals surface area contributed by atoms with Gasteiger partial charge in [0.1, 0.15) is 0 Å². The van der Waals surface area contributed by atoms with Crippen molar-refractivity contribution in [1.82, 2.24) is 4.90 Å². The van der Waals surface area contributed by atoms with Gasteiger partial charge in [0.2, 0.25) is 5.91 Å². The number of amides is 1. The number of halogens is 1. The van der Waals surface area contributed by atoms with Crippen molar-refractivity contribution in [3.05, 3.63) is 0 Å². The van der Waals surface area contributed by atoms with Gasteiger partial charge in [-0.15, -0.1) is 23.9 Å². The summed E-state index contributed by atoms with van der Waals surface area (Å²) in [5.74, 6) is 3.60. The van der Waals surface area contributed by atoms with Gasteiger partial charge in [0.05, 0.1) is 5.41 Å². The van der Waals surface area contributed by atoms with Crippen LogP contribution >= 0.6 is 11.6 Å². The SMILES string of the molecule is C#CC1CCN(C(=O)C(C)(C)CCl)CC1. The molecule has 0 atom stereocenters. The van der Waals surface area contributed by atoms with Crippen molar-refractivity contribution in [1.29, 1.82) is 0 Å². The van der Waals surface area contributed by atoms with Gasteiger partial charge in [-0.1, -0.05) is 0 Å². The number of piperidine rings is 1. The molecule has 0 aliphatic carbocycles. The van der Waals surface area contributed by atoms with Gasteiger partial charge in [-0.3, -0.25) is 4.79 Å². The summed E-state index contributed by atoms with van der Waals surface area (Å²) in [4.78, 5) is 13.9. The zero-order valence-corrected chi connectivity index (χ0v) is 10.2. The summed E-state index contributed by atoms with van der Waals surface area (Å²) in [7, 11) is 0. The average Bonchev–Trinajstić information content (AvgIpc) is 2.28. The lowest BCUT2D eigenvalue weighted by Crippen LogP contribution is -2.45. The molecule has 0 aromatic rings. The van der Waals surface area contributed by atoms with Crippen molar-refractivity contribution in [2.75, 3.05) is 19.0 Å². The Balaban J connectivity index is 2.54. The number of hydrogen-bond donors (Lipinski definition) is 0. The Kier molecular flexibility index (Phi) is 4.04. The van der Waals surface area contributed by atoms with Crippen LogP contribution in [0.4, 0.5) is 0 Å². The van der Waals surface area contributed by atoms with Crippen LogP contribution in [0.1, 0.15) is 26.7 Å². The lowest BCUT2D eigenvalue weighted by Gasteiger charge is -2.35. The molecule has 84 valence electrons. The molecule has 2 nitrogen and oxygen atoms in total. The molecule has 1 fully saturated rings. The summed E-state index contributed by atoms with van der Waals surface area (Å²) in [6.45, 7) is 5.31. The van der Waals surface area contributed by atoms with Crippen LogP contribution in [0.25, 0.3) is 0 Å². The first-order valence-corrected chi connectivity index (χ1v) is 5.86. The molecule has 0 saturated carbocycles. The summed E-state index contributed by atoms with van der Waals surface area (Å²) in [6, 6.07) is 0. The van der Waals surface area contributed by atoms with E-state index in [1.807, 2.05) is 18.7 Å². The van der Waals surface area contributed by atoms with E-state index >= 15 is 0 Å². The number of carbonyl (C=O) groups excluding carboxylic acids is 1. The maximum atomic E-state index is 12.0. The zero-order valence-electron chi connectivity index (χ0n) is 9.42. The number of terminal acetylenes is 1. The summed E-state index contributed by atoms with van der Waals surface area (Å²) in [5.41, 5.74) is -0.454. The average molecular weight is 228 g/mol. The minimum Gasteiger partial charge on any atom is -0.342 e. The molecule has 1 heterocycles. The predicted molar refractivity (Wildman–Crippen MR) is 62.6 cm³/mol. The summed E-state index contributed by atoms with van der Waals surface area (Å²) < 4.78 is 0. The molecular weight excluding hydrogens is 210 g/mol. The number of carbonyl (C=O) groups is 1. The second kappa shape index (κ2) is 4.90. The zero-order chi connectivity index (χ0) is 11.5. The van der Waals surface area contributed by atoms with Crippen LogP contribution in [-0.2, 0) is 4.79 Å². The van der Waals surface area contributed by atoms with E-state index in [0.717, 1.165) is 25.9 Å². The molecule has 0 bridgehead atoms. The summed E-state index contributed by atoms with van der Waals surface area (Å²) >= 11 is 5.78. The first-order valence-electron chi connectivity index (χ1n) is 5.32. The van der Waals surface area contributed by atoms with Gasteiger partial charge < -0.3 is 4.90 Å². The van der Waals surface area contributed by atoms with Crippen LogP contribution in [-0.4, -0.2) is 29.8 Å². The third-order valence-corrected chi connectivity index (χ3v) is 3.60. The van der Waals surface area contributed by atoms with Gasteiger partial charge >= 0.3 is 0 Å². The van der Waals surface area contributed by atoms with Crippen molar-refractivity contribution in [3.63, 3.8) is 0 Å². The van der Waals surface area contributed by atoms with Gasteiger partial charge in [0, 0.05) is 24.9 Å². The topological polar surface area (TPSA) is 20.3 Å². The van der Waals surface area contributed by atoms with E-state index in [0.29, 0.717) is 11.8 Å². The van der Waals surface area contributed by atoms with E-state index in [-0.39, 0.29) is 5.91 Å². The summed E-state index contributed by atoms with van der Waals surface area (Å²) in [5, 5.41) is 0. The predicted octanol–water partition coefficient (Wildman–Crippen LogP) is 2.12. The molecule has 1 aliphatic rings. The van der Waals surface area contributed by atoms with Crippen LogP contribution in [0.2, 0.25) is 0 Å². The van der Waals surface area contributed by atoms with E-state index in [1.54, 1.807) is 0 Å². The Hall–Kier alpha value is -0.680. The fraction of sp³-hybridized carbons (Fsp3) is 0.750. The van der Waals surface area contributed by atoms with Gasteiger partial charge in [-0.25, -0.2) is 0 Å². The Morgan fingerprint density at radius 3 is 2.47 bits per heavy atom. The molecule has 0 N–H and O–H groups in total. The third kappa shape index (κ3) is 2.89. The molecule has 0 aromatic heterocycles. The molecule has 3 heteroatoms. The van der Waals surface area contributed by atoms with E-state index in [4.69, 9.17) is 18.0 Å². The highest BCUT2D eigenvalue weighted by Gasteiger charge is 2.32. The summed E-state index contributed by atoms with van der Waals surface area (Å²) in [6.07, 6.45) is 7.20. The van der Waals surface area contributed by atoms with Crippen LogP contribution in [0, 0.1) is 23.7 Å². The van der Waals surface area contributed by atoms with Gasteiger partial charge in [0.25, 0.3) is 0 Å². The van der Waals surface area contributed by atoms with Crippen LogP contribution < -0.4 is 0 Å².